The molecule has 114 valence electrons. The van der Waals surface area contributed by atoms with E-state index in [4.69, 9.17) is 9.47 Å². The van der Waals surface area contributed by atoms with Gasteiger partial charge < -0.3 is 19.9 Å². The standard InChI is InChI=1S/C14H29NO4/c1-5-8-15-14(4,13(16)17)7-6-9-18-10-11-19-12(2)3/h12,15H,5-11H2,1-4H3,(H,16,17). The van der Waals surface area contributed by atoms with Crippen LogP contribution in [0.15, 0.2) is 0 Å². The minimum absolute atomic E-state index is 0.220. The molecule has 0 fully saturated rings. The average molecular weight is 275 g/mol. The third-order valence-electron chi connectivity index (χ3n) is 2.88. The zero-order valence-corrected chi connectivity index (χ0v) is 12.7. The lowest BCUT2D eigenvalue weighted by Crippen LogP contribution is -2.49. The molecule has 1 atom stereocenters. The normalized spacial score (nSPS) is 14.6. The van der Waals surface area contributed by atoms with Crippen LogP contribution >= 0.6 is 0 Å². The van der Waals surface area contributed by atoms with Crippen molar-refractivity contribution in [3.05, 3.63) is 0 Å². The van der Waals surface area contributed by atoms with Crippen LogP contribution in [0.3, 0.4) is 0 Å². The molecule has 0 heterocycles. The first kappa shape index (κ1) is 18.4. The smallest absolute Gasteiger partial charge is 0.323 e. The minimum atomic E-state index is -0.853. The zero-order chi connectivity index (χ0) is 14.7. The molecule has 2 N–H and O–H groups in total. The first-order valence-corrected chi connectivity index (χ1v) is 7.10. The molecule has 5 heteroatoms. The van der Waals surface area contributed by atoms with Gasteiger partial charge in [0.15, 0.2) is 0 Å². The van der Waals surface area contributed by atoms with E-state index in [2.05, 4.69) is 5.32 Å². The summed E-state index contributed by atoms with van der Waals surface area (Å²) in [5.41, 5.74) is -0.853. The van der Waals surface area contributed by atoms with Crippen molar-refractivity contribution in [2.75, 3.05) is 26.4 Å². The molecule has 19 heavy (non-hydrogen) atoms. The summed E-state index contributed by atoms with van der Waals surface area (Å²) in [7, 11) is 0. The van der Waals surface area contributed by atoms with E-state index in [1.807, 2.05) is 20.8 Å². The number of carbonyl (C=O) groups is 1. The Morgan fingerprint density at radius 3 is 2.53 bits per heavy atom. The Kier molecular flexibility index (Phi) is 9.83. The molecular weight excluding hydrogens is 246 g/mol. The van der Waals surface area contributed by atoms with Gasteiger partial charge in [-0.2, -0.15) is 0 Å². The molecule has 0 aromatic rings. The molecule has 0 rings (SSSR count). The van der Waals surface area contributed by atoms with Gasteiger partial charge in [0.05, 0.1) is 19.3 Å². The van der Waals surface area contributed by atoms with Gasteiger partial charge in [0.1, 0.15) is 5.54 Å². The van der Waals surface area contributed by atoms with E-state index in [-0.39, 0.29) is 6.10 Å². The molecule has 1 unspecified atom stereocenters. The van der Waals surface area contributed by atoms with E-state index in [9.17, 15) is 9.90 Å². The van der Waals surface area contributed by atoms with Gasteiger partial charge in [-0.3, -0.25) is 4.79 Å². The van der Waals surface area contributed by atoms with E-state index in [0.29, 0.717) is 32.8 Å². The zero-order valence-electron chi connectivity index (χ0n) is 12.7. The van der Waals surface area contributed by atoms with Crippen LogP contribution in [-0.4, -0.2) is 49.1 Å². The highest BCUT2D eigenvalue weighted by Crippen LogP contribution is 2.13. The highest BCUT2D eigenvalue weighted by atomic mass is 16.5. The van der Waals surface area contributed by atoms with Crippen molar-refractivity contribution in [1.29, 1.82) is 0 Å². The number of carboxylic acid groups (broad SMARTS) is 1. The number of nitrogens with one attached hydrogen (secondary N) is 1. The van der Waals surface area contributed by atoms with E-state index in [0.717, 1.165) is 12.8 Å². The molecule has 0 saturated carbocycles. The summed E-state index contributed by atoms with van der Waals surface area (Å²) in [6.45, 7) is 10.1. The summed E-state index contributed by atoms with van der Waals surface area (Å²) in [5.74, 6) is -0.802. The molecule has 0 saturated heterocycles. The Labute approximate surface area is 116 Å². The molecule has 0 aromatic heterocycles. The highest BCUT2D eigenvalue weighted by Gasteiger charge is 2.31. The molecular formula is C14H29NO4. The number of rotatable bonds is 12. The predicted octanol–water partition coefficient (Wildman–Crippen LogP) is 2.05. The molecule has 0 spiro atoms. The van der Waals surface area contributed by atoms with Crippen LogP contribution in [0.1, 0.15) is 47.0 Å². The maximum Gasteiger partial charge on any atom is 0.323 e. The number of carboxylic acids is 1. The fourth-order valence-corrected chi connectivity index (χ4v) is 1.64. The highest BCUT2D eigenvalue weighted by molar-refractivity contribution is 5.78. The van der Waals surface area contributed by atoms with Gasteiger partial charge in [-0.05, 0) is 46.6 Å². The Balaban J connectivity index is 3.73. The van der Waals surface area contributed by atoms with Crippen LogP contribution in [0.5, 0.6) is 0 Å². The van der Waals surface area contributed by atoms with Gasteiger partial charge in [-0.15, -0.1) is 0 Å². The van der Waals surface area contributed by atoms with Crippen molar-refractivity contribution >= 4 is 5.97 Å². The van der Waals surface area contributed by atoms with Gasteiger partial charge in [-0.25, -0.2) is 0 Å². The second-order valence-electron chi connectivity index (χ2n) is 5.20. The quantitative estimate of drug-likeness (QED) is 0.534. The Morgan fingerprint density at radius 1 is 1.32 bits per heavy atom. The Bertz CT molecular complexity index is 246. The molecule has 0 radical (unpaired) electrons. The first-order valence-electron chi connectivity index (χ1n) is 7.10. The number of ether oxygens (including phenoxy) is 2. The molecule has 0 aliphatic heterocycles. The fourth-order valence-electron chi connectivity index (χ4n) is 1.64. The number of hydrogen-bond acceptors (Lipinski definition) is 4. The summed E-state index contributed by atoms with van der Waals surface area (Å²) in [5, 5.41) is 12.3. The summed E-state index contributed by atoms with van der Waals surface area (Å²) in [6.07, 6.45) is 2.43. The SMILES string of the molecule is CCCNC(C)(CCCOCCOC(C)C)C(=O)O. The lowest BCUT2D eigenvalue weighted by atomic mass is 9.96. The van der Waals surface area contributed by atoms with Gasteiger partial charge in [0.2, 0.25) is 0 Å². The van der Waals surface area contributed by atoms with Crippen molar-refractivity contribution in [1.82, 2.24) is 5.32 Å². The lowest BCUT2D eigenvalue weighted by Gasteiger charge is -2.26. The van der Waals surface area contributed by atoms with Crippen LogP contribution < -0.4 is 5.32 Å². The van der Waals surface area contributed by atoms with Crippen molar-refractivity contribution in [3.63, 3.8) is 0 Å². The summed E-state index contributed by atoms with van der Waals surface area (Å²) in [4.78, 5) is 11.2. The van der Waals surface area contributed by atoms with E-state index < -0.39 is 11.5 Å². The number of hydrogen-bond donors (Lipinski definition) is 2. The monoisotopic (exact) mass is 275 g/mol. The van der Waals surface area contributed by atoms with Gasteiger partial charge >= 0.3 is 5.97 Å². The molecule has 0 aliphatic rings. The van der Waals surface area contributed by atoms with Crippen molar-refractivity contribution in [2.45, 2.75) is 58.6 Å². The Hall–Kier alpha value is -0.650. The van der Waals surface area contributed by atoms with Gasteiger partial charge in [0, 0.05) is 6.61 Å². The molecule has 0 bridgehead atoms. The summed E-state index contributed by atoms with van der Waals surface area (Å²) < 4.78 is 10.8. The van der Waals surface area contributed by atoms with E-state index in [1.165, 1.54) is 0 Å². The van der Waals surface area contributed by atoms with Crippen molar-refractivity contribution in [2.24, 2.45) is 0 Å². The maximum atomic E-state index is 11.2. The van der Waals surface area contributed by atoms with Crippen molar-refractivity contribution in [3.8, 4) is 0 Å². The summed E-state index contributed by atoms with van der Waals surface area (Å²) in [6, 6.07) is 0. The predicted molar refractivity (Wildman–Crippen MR) is 75.5 cm³/mol. The van der Waals surface area contributed by atoms with Crippen LogP contribution in [0.4, 0.5) is 0 Å². The third-order valence-corrected chi connectivity index (χ3v) is 2.88. The van der Waals surface area contributed by atoms with Gasteiger partial charge in [0.25, 0.3) is 0 Å². The lowest BCUT2D eigenvalue weighted by molar-refractivity contribution is -0.144. The van der Waals surface area contributed by atoms with Crippen molar-refractivity contribution < 1.29 is 19.4 Å². The van der Waals surface area contributed by atoms with Crippen LogP contribution in [0.2, 0.25) is 0 Å². The fraction of sp³-hybridized carbons (Fsp3) is 0.929. The maximum absolute atomic E-state index is 11.2. The second-order valence-corrected chi connectivity index (χ2v) is 5.20. The Morgan fingerprint density at radius 2 is 2.00 bits per heavy atom. The van der Waals surface area contributed by atoms with Gasteiger partial charge in [-0.1, -0.05) is 6.92 Å². The van der Waals surface area contributed by atoms with Crippen LogP contribution in [0.25, 0.3) is 0 Å². The molecule has 0 aromatic carbocycles. The third kappa shape index (κ3) is 8.97. The molecule has 0 aliphatic carbocycles. The molecule has 0 amide bonds. The topological polar surface area (TPSA) is 67.8 Å². The largest absolute Gasteiger partial charge is 0.480 e. The van der Waals surface area contributed by atoms with Crippen LogP contribution in [-0.2, 0) is 14.3 Å². The summed E-state index contributed by atoms with van der Waals surface area (Å²) >= 11 is 0. The second kappa shape index (κ2) is 10.2. The average Bonchev–Trinajstić information content (AvgIpc) is 2.34. The minimum Gasteiger partial charge on any atom is -0.480 e. The molecule has 5 nitrogen and oxygen atoms in total. The van der Waals surface area contributed by atoms with E-state index >= 15 is 0 Å². The number of aliphatic carboxylic acids is 1. The van der Waals surface area contributed by atoms with Crippen LogP contribution in [0, 0.1) is 0 Å². The van der Waals surface area contributed by atoms with E-state index in [1.54, 1.807) is 6.92 Å². The first-order chi connectivity index (χ1) is 8.92.